The molecular weight excluding hydrogens is 255 g/mol. The molecule has 1 aliphatic rings. The first kappa shape index (κ1) is 13.1. The molecule has 3 nitrogen and oxygen atoms in total. The number of benzene rings is 1. The van der Waals surface area contributed by atoms with Crippen molar-refractivity contribution in [1.29, 1.82) is 0 Å². The number of nitrogen functional groups attached to an aromatic ring is 1. The molecule has 4 heteroatoms. The minimum Gasteiger partial charge on any atom is -0.396 e. The van der Waals surface area contributed by atoms with Gasteiger partial charge in [0.2, 0.25) is 0 Å². The lowest BCUT2D eigenvalue weighted by Crippen LogP contribution is -2.09. The third-order valence-corrected chi connectivity index (χ3v) is 3.51. The number of aromatic nitrogens is 1. The fourth-order valence-electron chi connectivity index (χ4n) is 2.16. The van der Waals surface area contributed by atoms with Crippen molar-refractivity contribution in [3.63, 3.8) is 0 Å². The lowest BCUT2D eigenvalue weighted by Gasteiger charge is -2.19. The van der Waals surface area contributed by atoms with Crippen molar-refractivity contribution < 1.29 is 9.13 Å². The minimum atomic E-state index is -0.402. The monoisotopic (exact) mass is 272 g/mol. The van der Waals surface area contributed by atoms with E-state index in [0.717, 1.165) is 17.7 Å². The van der Waals surface area contributed by atoms with Gasteiger partial charge in [0.05, 0.1) is 12.3 Å². The van der Waals surface area contributed by atoms with E-state index in [2.05, 4.69) is 4.98 Å². The topological polar surface area (TPSA) is 48.1 Å². The molecule has 20 heavy (non-hydrogen) atoms. The van der Waals surface area contributed by atoms with E-state index in [9.17, 15) is 4.39 Å². The average Bonchev–Trinajstić information content (AvgIpc) is 3.28. The summed E-state index contributed by atoms with van der Waals surface area (Å²) in [5, 5.41) is 0. The molecule has 0 amide bonds. The molecule has 2 aromatic rings. The Bertz CT molecular complexity index is 584. The molecule has 2 N–H and O–H groups in total. The zero-order valence-corrected chi connectivity index (χ0v) is 11.1. The lowest BCUT2D eigenvalue weighted by atomic mass is 10.0. The van der Waals surface area contributed by atoms with Crippen molar-refractivity contribution in [2.24, 2.45) is 5.92 Å². The summed E-state index contributed by atoms with van der Waals surface area (Å²) in [5.74, 6) is 0.257. The second-order valence-electron chi connectivity index (χ2n) is 5.22. The van der Waals surface area contributed by atoms with Crippen LogP contribution >= 0.6 is 0 Å². The Hall–Kier alpha value is -1.94. The molecule has 1 fully saturated rings. The smallest absolute Gasteiger partial charge is 0.146 e. The van der Waals surface area contributed by atoms with E-state index in [1.165, 1.54) is 18.9 Å². The van der Waals surface area contributed by atoms with Crippen molar-refractivity contribution in [1.82, 2.24) is 4.98 Å². The summed E-state index contributed by atoms with van der Waals surface area (Å²) in [6.45, 7) is 0.719. The van der Waals surface area contributed by atoms with Crippen LogP contribution in [0.15, 0.2) is 42.7 Å². The molecule has 1 atom stereocenters. The van der Waals surface area contributed by atoms with E-state index < -0.39 is 5.82 Å². The Morgan fingerprint density at radius 1 is 1.30 bits per heavy atom. The zero-order valence-electron chi connectivity index (χ0n) is 11.1. The van der Waals surface area contributed by atoms with Gasteiger partial charge in [0.25, 0.3) is 0 Å². The molecular formula is C16H17FN2O. The highest BCUT2D eigenvalue weighted by molar-refractivity contribution is 5.44. The van der Waals surface area contributed by atoms with Crippen LogP contribution in [0.25, 0.3) is 0 Å². The normalized spacial score (nSPS) is 16.1. The van der Waals surface area contributed by atoms with Gasteiger partial charge in [-0.25, -0.2) is 4.39 Å². The molecule has 1 aliphatic carbocycles. The first-order valence-electron chi connectivity index (χ1n) is 6.80. The maximum Gasteiger partial charge on any atom is 0.146 e. The summed E-state index contributed by atoms with van der Waals surface area (Å²) >= 11 is 0. The number of rotatable bonds is 5. The van der Waals surface area contributed by atoms with Gasteiger partial charge in [-0.2, -0.15) is 0 Å². The van der Waals surface area contributed by atoms with Crippen molar-refractivity contribution in [2.45, 2.75) is 18.9 Å². The molecule has 1 heterocycles. The van der Waals surface area contributed by atoms with Crippen molar-refractivity contribution in [2.75, 3.05) is 12.3 Å². The molecule has 1 unspecified atom stereocenters. The summed E-state index contributed by atoms with van der Waals surface area (Å²) in [7, 11) is 0. The fourth-order valence-corrected chi connectivity index (χ4v) is 2.16. The van der Waals surface area contributed by atoms with Crippen LogP contribution < -0.4 is 5.73 Å². The Morgan fingerprint density at radius 2 is 2.15 bits per heavy atom. The molecule has 0 saturated heterocycles. The standard InChI is InChI=1S/C16H17FN2O/c17-14-6-5-12(8-15(14)18)16(20-10-11-3-4-11)13-2-1-7-19-9-13/h1-2,5-9,11,16H,3-4,10,18H2. The quantitative estimate of drug-likeness (QED) is 0.849. The van der Waals surface area contributed by atoms with Gasteiger partial charge in [-0.3, -0.25) is 4.98 Å². The van der Waals surface area contributed by atoms with E-state index in [0.29, 0.717) is 5.92 Å². The second kappa shape index (κ2) is 5.59. The third-order valence-electron chi connectivity index (χ3n) is 3.51. The molecule has 1 saturated carbocycles. The van der Waals surface area contributed by atoms with Crippen LogP contribution in [0.3, 0.4) is 0 Å². The lowest BCUT2D eigenvalue weighted by molar-refractivity contribution is 0.0716. The summed E-state index contributed by atoms with van der Waals surface area (Å²) < 4.78 is 19.3. The van der Waals surface area contributed by atoms with Gasteiger partial charge in [-0.05, 0) is 42.5 Å². The number of nitrogens with two attached hydrogens (primary N) is 1. The molecule has 0 spiro atoms. The number of hydrogen-bond acceptors (Lipinski definition) is 3. The first-order valence-corrected chi connectivity index (χ1v) is 6.80. The number of nitrogens with zero attached hydrogens (tertiary/aromatic N) is 1. The summed E-state index contributed by atoms with van der Waals surface area (Å²) in [4.78, 5) is 4.13. The number of pyridine rings is 1. The van der Waals surface area contributed by atoms with Crippen LogP contribution in [0.2, 0.25) is 0 Å². The molecule has 0 radical (unpaired) electrons. The van der Waals surface area contributed by atoms with Crippen LogP contribution in [0.5, 0.6) is 0 Å². The van der Waals surface area contributed by atoms with Crippen LogP contribution in [0.4, 0.5) is 10.1 Å². The summed E-state index contributed by atoms with van der Waals surface area (Å²) in [5.41, 5.74) is 7.62. The maximum absolute atomic E-state index is 13.3. The number of halogens is 1. The Morgan fingerprint density at radius 3 is 2.80 bits per heavy atom. The summed E-state index contributed by atoms with van der Waals surface area (Å²) in [6, 6.07) is 8.57. The molecule has 3 rings (SSSR count). The van der Waals surface area contributed by atoms with E-state index >= 15 is 0 Å². The molecule has 1 aromatic heterocycles. The van der Waals surface area contributed by atoms with Gasteiger partial charge in [-0.15, -0.1) is 0 Å². The molecule has 1 aromatic carbocycles. The predicted octanol–water partition coefficient (Wildman–Crippen LogP) is 3.32. The SMILES string of the molecule is Nc1cc(C(OCC2CC2)c2cccnc2)ccc1F. The number of anilines is 1. The molecule has 0 aliphatic heterocycles. The van der Waals surface area contributed by atoms with Crippen LogP contribution in [0, 0.1) is 11.7 Å². The highest BCUT2D eigenvalue weighted by Crippen LogP contribution is 2.33. The van der Waals surface area contributed by atoms with Gasteiger partial charge in [0.15, 0.2) is 0 Å². The van der Waals surface area contributed by atoms with E-state index in [1.807, 2.05) is 12.1 Å². The van der Waals surface area contributed by atoms with Gasteiger partial charge >= 0.3 is 0 Å². The Kier molecular flexibility index (Phi) is 3.65. The van der Waals surface area contributed by atoms with Crippen molar-refractivity contribution in [3.05, 3.63) is 59.7 Å². The number of hydrogen-bond donors (Lipinski definition) is 1. The highest BCUT2D eigenvalue weighted by atomic mass is 19.1. The van der Waals surface area contributed by atoms with E-state index in [1.54, 1.807) is 24.5 Å². The van der Waals surface area contributed by atoms with Crippen LogP contribution in [0.1, 0.15) is 30.1 Å². The highest BCUT2D eigenvalue weighted by Gasteiger charge is 2.24. The van der Waals surface area contributed by atoms with Crippen LogP contribution in [-0.4, -0.2) is 11.6 Å². The number of ether oxygens (including phenoxy) is 1. The summed E-state index contributed by atoms with van der Waals surface area (Å²) in [6.07, 6.45) is 5.71. The maximum atomic E-state index is 13.3. The third kappa shape index (κ3) is 2.96. The van der Waals surface area contributed by atoms with E-state index in [-0.39, 0.29) is 11.8 Å². The minimum absolute atomic E-state index is 0.145. The Labute approximate surface area is 117 Å². The van der Waals surface area contributed by atoms with Gasteiger partial charge < -0.3 is 10.5 Å². The zero-order chi connectivity index (χ0) is 13.9. The van der Waals surface area contributed by atoms with Gasteiger partial charge in [0.1, 0.15) is 11.9 Å². The predicted molar refractivity (Wildman–Crippen MR) is 75.6 cm³/mol. The van der Waals surface area contributed by atoms with Crippen molar-refractivity contribution >= 4 is 5.69 Å². The van der Waals surface area contributed by atoms with Gasteiger partial charge in [0, 0.05) is 18.0 Å². The average molecular weight is 272 g/mol. The molecule has 0 bridgehead atoms. The van der Waals surface area contributed by atoms with Crippen molar-refractivity contribution in [3.8, 4) is 0 Å². The van der Waals surface area contributed by atoms with Crippen LogP contribution in [-0.2, 0) is 4.74 Å². The fraction of sp³-hybridized carbons (Fsp3) is 0.312. The first-order chi connectivity index (χ1) is 9.74. The largest absolute Gasteiger partial charge is 0.396 e. The van der Waals surface area contributed by atoms with Gasteiger partial charge in [-0.1, -0.05) is 12.1 Å². The Balaban J connectivity index is 1.88. The molecule has 104 valence electrons. The second-order valence-corrected chi connectivity index (χ2v) is 5.22. The van der Waals surface area contributed by atoms with E-state index in [4.69, 9.17) is 10.5 Å².